The quantitative estimate of drug-likeness (QED) is 0.0222. The Balaban J connectivity index is 5.26. The maximum atomic E-state index is 13.0. The van der Waals surface area contributed by atoms with Crippen LogP contribution in [0.2, 0.25) is 0 Å². The van der Waals surface area contributed by atoms with Crippen molar-refractivity contribution in [3.05, 3.63) is 0 Å². The summed E-state index contributed by atoms with van der Waals surface area (Å²) in [7, 11) is -9.90. The number of carbonyl (C=O) groups excluding carboxylic acids is 4. The van der Waals surface area contributed by atoms with Crippen LogP contribution in [0.5, 0.6) is 0 Å². The lowest BCUT2D eigenvalue weighted by Gasteiger charge is -2.21. The lowest BCUT2D eigenvalue weighted by Crippen LogP contribution is -2.30. The predicted molar refractivity (Wildman–Crippen MR) is 368 cm³/mol. The molecule has 17 nitrogen and oxygen atoms in total. The van der Waals surface area contributed by atoms with Crippen LogP contribution >= 0.6 is 15.6 Å². The van der Waals surface area contributed by atoms with Gasteiger partial charge in [0, 0.05) is 25.7 Å². The third kappa shape index (κ3) is 65.1. The molecule has 0 rings (SSSR count). The number of aliphatic hydroxyl groups is 1. The molecule has 0 aliphatic rings. The molecule has 0 heterocycles. The van der Waals surface area contributed by atoms with Gasteiger partial charge in [-0.25, -0.2) is 9.13 Å². The van der Waals surface area contributed by atoms with Crippen LogP contribution in [-0.2, 0) is 65.4 Å². The van der Waals surface area contributed by atoms with Crippen LogP contribution in [0.4, 0.5) is 0 Å². The van der Waals surface area contributed by atoms with Crippen molar-refractivity contribution in [2.24, 2.45) is 11.8 Å². The monoisotopic (exact) mass is 1340 g/mol. The molecule has 0 amide bonds. The first-order chi connectivity index (χ1) is 43.9. The van der Waals surface area contributed by atoms with E-state index in [0.29, 0.717) is 25.7 Å². The highest BCUT2D eigenvalue weighted by Gasteiger charge is 2.30. The molecule has 0 fully saturated rings. The molecule has 0 saturated carbocycles. The number of unbranched alkanes of at least 4 members (excludes halogenated alkanes) is 40. The van der Waals surface area contributed by atoms with Crippen molar-refractivity contribution >= 4 is 39.5 Å². The van der Waals surface area contributed by atoms with Crippen molar-refractivity contribution < 1.29 is 80.2 Å². The number of carbonyl (C=O) groups is 4. The molecule has 3 N–H and O–H groups in total. The van der Waals surface area contributed by atoms with E-state index >= 15 is 0 Å². The highest BCUT2D eigenvalue weighted by Crippen LogP contribution is 2.45. The van der Waals surface area contributed by atoms with E-state index in [0.717, 1.165) is 108 Å². The zero-order valence-electron chi connectivity index (χ0n) is 59.1. The summed E-state index contributed by atoms with van der Waals surface area (Å²) < 4.78 is 68.4. The van der Waals surface area contributed by atoms with Crippen LogP contribution in [0.15, 0.2) is 0 Å². The first-order valence-corrected chi connectivity index (χ1v) is 40.5. The Labute approximate surface area is 556 Å². The van der Waals surface area contributed by atoms with Gasteiger partial charge in [0.2, 0.25) is 0 Å². The highest BCUT2D eigenvalue weighted by molar-refractivity contribution is 7.47. The summed E-state index contributed by atoms with van der Waals surface area (Å²) >= 11 is 0. The van der Waals surface area contributed by atoms with Gasteiger partial charge < -0.3 is 33.8 Å². The van der Waals surface area contributed by atoms with Crippen LogP contribution in [0.25, 0.3) is 0 Å². The Bertz CT molecular complexity index is 1770. The van der Waals surface area contributed by atoms with Gasteiger partial charge >= 0.3 is 39.5 Å². The summed E-state index contributed by atoms with van der Waals surface area (Å²) in [5, 5.41) is 10.6. The van der Waals surface area contributed by atoms with Gasteiger partial charge in [0.15, 0.2) is 12.2 Å². The first-order valence-electron chi connectivity index (χ1n) is 37.5. The van der Waals surface area contributed by atoms with Gasteiger partial charge in [-0.3, -0.25) is 37.3 Å². The fourth-order valence-corrected chi connectivity index (χ4v) is 12.5. The van der Waals surface area contributed by atoms with Gasteiger partial charge in [-0.05, 0) is 37.5 Å². The molecule has 0 radical (unpaired) electrons. The third-order valence-corrected chi connectivity index (χ3v) is 19.0. The number of esters is 4. The number of hydrogen-bond acceptors (Lipinski definition) is 15. The Kier molecular flexibility index (Phi) is 62.7. The van der Waals surface area contributed by atoms with E-state index in [1.165, 1.54) is 180 Å². The average molecular weight is 1340 g/mol. The van der Waals surface area contributed by atoms with Crippen molar-refractivity contribution in [2.75, 3.05) is 39.6 Å². The van der Waals surface area contributed by atoms with Crippen LogP contribution in [0.1, 0.15) is 369 Å². The first kappa shape index (κ1) is 89.1. The zero-order valence-corrected chi connectivity index (χ0v) is 60.9. The van der Waals surface area contributed by atoms with E-state index in [9.17, 15) is 43.2 Å². The van der Waals surface area contributed by atoms with E-state index in [-0.39, 0.29) is 25.7 Å². The topological polar surface area (TPSA) is 237 Å². The summed E-state index contributed by atoms with van der Waals surface area (Å²) in [5.41, 5.74) is 0. The van der Waals surface area contributed by atoms with E-state index < -0.39 is 97.5 Å². The molecule has 540 valence electrons. The molecule has 0 aromatic rings. The average Bonchev–Trinajstić information content (AvgIpc) is 3.69. The molecule has 6 atom stereocenters. The van der Waals surface area contributed by atoms with E-state index in [1.54, 1.807) is 0 Å². The Morgan fingerprint density at radius 3 is 0.835 bits per heavy atom. The van der Waals surface area contributed by atoms with Gasteiger partial charge in [0.1, 0.15) is 19.3 Å². The zero-order chi connectivity index (χ0) is 67.2. The Morgan fingerprint density at radius 1 is 0.319 bits per heavy atom. The van der Waals surface area contributed by atoms with Crippen molar-refractivity contribution in [3.8, 4) is 0 Å². The molecular weight excluding hydrogens is 1200 g/mol. The summed E-state index contributed by atoms with van der Waals surface area (Å²) in [6.07, 6.45) is 49.8. The van der Waals surface area contributed by atoms with Gasteiger partial charge in [0.05, 0.1) is 26.4 Å². The molecule has 0 aromatic heterocycles. The van der Waals surface area contributed by atoms with Crippen molar-refractivity contribution in [1.82, 2.24) is 0 Å². The molecule has 0 aliphatic heterocycles. The summed E-state index contributed by atoms with van der Waals surface area (Å²) in [5.74, 6) is -0.612. The number of phosphoric ester groups is 2. The van der Waals surface area contributed by atoms with Crippen LogP contribution in [0.3, 0.4) is 0 Å². The van der Waals surface area contributed by atoms with Crippen LogP contribution < -0.4 is 0 Å². The lowest BCUT2D eigenvalue weighted by atomic mass is 10.00. The van der Waals surface area contributed by atoms with E-state index in [4.69, 9.17) is 37.0 Å². The molecule has 3 unspecified atom stereocenters. The minimum Gasteiger partial charge on any atom is -0.462 e. The molecule has 91 heavy (non-hydrogen) atoms. The number of aliphatic hydroxyl groups excluding tert-OH is 1. The minimum atomic E-state index is -4.95. The molecule has 0 aliphatic carbocycles. The second kappa shape index (κ2) is 64.1. The second-order valence-corrected chi connectivity index (χ2v) is 29.6. The summed E-state index contributed by atoms with van der Waals surface area (Å²) in [6.45, 7) is 9.54. The SMILES string of the molecule is CCCCCCCCCCCCCCCC(=O)OC[C@H](COP(=O)(O)OC[C@@H](O)COP(=O)(O)OC[C@@H](COC(=O)CCCCCCCCC(C)CC)OC(=O)CCCCCCCCCCCCCCC)OC(=O)CCCCCCCCCCCCCCC(C)C. The van der Waals surface area contributed by atoms with Gasteiger partial charge in [-0.15, -0.1) is 0 Å². The fraction of sp³-hybridized carbons (Fsp3) is 0.944. The summed E-state index contributed by atoms with van der Waals surface area (Å²) in [4.78, 5) is 72.6. The Morgan fingerprint density at radius 2 is 0.560 bits per heavy atom. The molecular formula is C72H140O17P2. The molecule has 0 saturated heterocycles. The molecule has 0 aromatic carbocycles. The summed E-state index contributed by atoms with van der Waals surface area (Å²) in [6, 6.07) is 0. The van der Waals surface area contributed by atoms with Gasteiger partial charge in [-0.1, -0.05) is 318 Å². The maximum Gasteiger partial charge on any atom is 0.472 e. The van der Waals surface area contributed by atoms with E-state index in [1.807, 2.05) is 0 Å². The number of ether oxygens (including phenoxy) is 4. The minimum absolute atomic E-state index is 0.107. The second-order valence-electron chi connectivity index (χ2n) is 26.7. The molecule has 19 heteroatoms. The van der Waals surface area contributed by atoms with Crippen LogP contribution in [0, 0.1) is 11.8 Å². The van der Waals surface area contributed by atoms with Crippen molar-refractivity contribution in [1.29, 1.82) is 0 Å². The fourth-order valence-electron chi connectivity index (χ4n) is 10.9. The molecule has 0 spiro atoms. The standard InChI is InChI=1S/C72H140O17P2/c1-7-10-12-14-16-18-20-22-27-31-35-42-48-54-69(74)82-60-67(88-71(76)57-51-45-37-33-29-25-24-26-30-34-40-46-52-64(4)5)62-86-90(78,79)84-58-66(73)59-85-91(80,81)87-63-68(61-83-70(75)55-49-43-39-38-41-47-53-65(6)9-3)89-72(77)56-50-44-36-32-28-23-21-19-17-15-13-11-8-2/h64-68,73H,7-63H2,1-6H3,(H,78,79)(H,80,81)/t65?,66-,67-,68-/m1/s1. The van der Waals surface area contributed by atoms with Crippen molar-refractivity contribution in [3.63, 3.8) is 0 Å². The van der Waals surface area contributed by atoms with Crippen molar-refractivity contribution in [2.45, 2.75) is 387 Å². The normalized spacial score (nSPS) is 14.4. The van der Waals surface area contributed by atoms with Crippen LogP contribution in [-0.4, -0.2) is 96.7 Å². The van der Waals surface area contributed by atoms with Gasteiger partial charge in [0.25, 0.3) is 0 Å². The number of hydrogen-bond donors (Lipinski definition) is 3. The predicted octanol–water partition coefficient (Wildman–Crippen LogP) is 20.8. The molecule has 0 bridgehead atoms. The lowest BCUT2D eigenvalue weighted by molar-refractivity contribution is -0.161. The Hall–Kier alpha value is -1.94. The number of rotatable bonds is 71. The van der Waals surface area contributed by atoms with E-state index in [2.05, 4.69) is 41.5 Å². The third-order valence-electron chi connectivity index (χ3n) is 17.1. The largest absolute Gasteiger partial charge is 0.472 e. The van der Waals surface area contributed by atoms with Gasteiger partial charge in [-0.2, -0.15) is 0 Å². The number of phosphoric acid groups is 2. The maximum absolute atomic E-state index is 13.0. The smallest absolute Gasteiger partial charge is 0.462 e. The highest BCUT2D eigenvalue weighted by atomic mass is 31.2.